The van der Waals surface area contributed by atoms with Crippen molar-refractivity contribution in [2.24, 2.45) is 5.92 Å². The van der Waals surface area contributed by atoms with Crippen molar-refractivity contribution in [1.29, 1.82) is 0 Å². The zero-order valence-corrected chi connectivity index (χ0v) is 22.4. The van der Waals surface area contributed by atoms with Crippen molar-refractivity contribution in [1.82, 2.24) is 25.0 Å². The molecule has 0 radical (unpaired) electrons. The smallest absolute Gasteiger partial charge is 0.321 e. The monoisotopic (exact) mass is 479 g/mol. The van der Waals surface area contributed by atoms with E-state index in [1.54, 1.807) is 0 Å². The maximum absolute atomic E-state index is 13.0. The number of hydrogen-bond acceptors (Lipinski definition) is 3. The number of nitrogens with zero attached hydrogens (tertiary/aromatic N) is 3. The molecule has 4 rings (SSSR count). The van der Waals surface area contributed by atoms with E-state index in [0.717, 1.165) is 44.6 Å². The number of rotatable bonds is 9. The lowest BCUT2D eigenvalue weighted by molar-refractivity contribution is 0.0983. The molecule has 1 fully saturated rings. The van der Waals surface area contributed by atoms with E-state index < -0.39 is 0 Å². The Morgan fingerprint density at radius 3 is 2.74 bits per heavy atom. The first-order valence-corrected chi connectivity index (χ1v) is 13.3. The van der Waals surface area contributed by atoms with E-state index in [1.807, 2.05) is 31.7 Å². The zero-order chi connectivity index (χ0) is 25.5. The summed E-state index contributed by atoms with van der Waals surface area (Å²) in [5.41, 5.74) is 5.02. The van der Waals surface area contributed by atoms with Crippen molar-refractivity contribution < 1.29 is 4.79 Å². The third-order valence-electron chi connectivity index (χ3n) is 7.32. The van der Waals surface area contributed by atoms with Gasteiger partial charge in [-0.3, -0.25) is 9.80 Å². The lowest BCUT2D eigenvalue weighted by Gasteiger charge is -2.48. The van der Waals surface area contributed by atoms with E-state index >= 15 is 0 Å². The van der Waals surface area contributed by atoms with Gasteiger partial charge in [-0.05, 0) is 64.0 Å². The Kier molecular flexibility index (Phi) is 9.58. The summed E-state index contributed by atoms with van der Waals surface area (Å²) in [5.74, 6) is 0.647. The standard InChI is InChI=1S/C27H39N5O.C2H6/c1-6-12-31-18-21(19(3)32(27(33)28-7-2)14-9-13-30(4)5)15-23-22-10-8-11-24-26(22)20(17-29-24)16-25(23)31;1-2/h6,8,10-11,17,21,23,25,29H,1,3,7,9,12-16,18H2,2,4-5H3,(H,28,33);1-2H3/t21?,23-,25?;/m1./s1. The first-order chi connectivity index (χ1) is 16.9. The van der Waals surface area contributed by atoms with E-state index in [9.17, 15) is 4.79 Å². The fraction of sp³-hybridized carbons (Fsp3) is 0.552. The Labute approximate surface area is 212 Å². The molecule has 0 bridgehead atoms. The molecule has 2 unspecified atom stereocenters. The van der Waals surface area contributed by atoms with Crippen LogP contribution in [0.3, 0.4) is 0 Å². The van der Waals surface area contributed by atoms with Crippen molar-refractivity contribution in [2.45, 2.75) is 52.0 Å². The van der Waals surface area contributed by atoms with Gasteiger partial charge in [-0.1, -0.05) is 38.6 Å². The minimum atomic E-state index is -0.0303. The van der Waals surface area contributed by atoms with Crippen LogP contribution in [0.15, 0.2) is 49.3 Å². The third kappa shape index (κ3) is 5.81. The number of aromatic nitrogens is 1. The maximum Gasteiger partial charge on any atom is 0.321 e. The van der Waals surface area contributed by atoms with Crippen LogP contribution in [0.4, 0.5) is 4.79 Å². The van der Waals surface area contributed by atoms with Crippen LogP contribution < -0.4 is 5.32 Å². The van der Waals surface area contributed by atoms with Crippen molar-refractivity contribution in [3.8, 4) is 0 Å². The molecular formula is C29H45N5O. The fourth-order valence-corrected chi connectivity index (χ4v) is 5.80. The molecule has 3 atom stereocenters. The van der Waals surface area contributed by atoms with Gasteiger partial charge in [0, 0.05) is 66.9 Å². The number of hydrogen-bond donors (Lipinski definition) is 2. The minimum absolute atomic E-state index is 0.0303. The predicted molar refractivity (Wildman–Crippen MR) is 148 cm³/mol. The Morgan fingerprint density at radius 1 is 1.29 bits per heavy atom. The summed E-state index contributed by atoms with van der Waals surface area (Å²) in [5, 5.41) is 4.40. The molecule has 2 aliphatic rings. The van der Waals surface area contributed by atoms with Gasteiger partial charge in [0.2, 0.25) is 0 Å². The summed E-state index contributed by atoms with van der Waals surface area (Å²) in [6.07, 6.45) is 7.18. The highest BCUT2D eigenvalue weighted by Gasteiger charge is 2.42. The molecule has 2 N–H and O–H groups in total. The second-order valence-corrected chi connectivity index (χ2v) is 9.77. The van der Waals surface area contributed by atoms with Crippen molar-refractivity contribution in [2.75, 3.05) is 46.8 Å². The highest BCUT2D eigenvalue weighted by Crippen LogP contribution is 2.46. The van der Waals surface area contributed by atoms with Gasteiger partial charge in [-0.15, -0.1) is 6.58 Å². The average Bonchev–Trinajstić information content (AvgIpc) is 3.27. The van der Waals surface area contributed by atoms with Crippen molar-refractivity contribution in [3.63, 3.8) is 0 Å². The van der Waals surface area contributed by atoms with Crippen LogP contribution >= 0.6 is 0 Å². The average molecular weight is 480 g/mol. The normalized spacial score (nSPS) is 21.1. The van der Waals surface area contributed by atoms with Gasteiger partial charge in [0.05, 0.1) is 0 Å². The van der Waals surface area contributed by atoms with Crippen LogP contribution in [-0.4, -0.2) is 78.6 Å². The number of carbonyl (C=O) groups excluding carboxylic acids is 1. The summed E-state index contributed by atoms with van der Waals surface area (Å²) >= 11 is 0. The Balaban J connectivity index is 0.00000167. The van der Waals surface area contributed by atoms with Gasteiger partial charge in [-0.25, -0.2) is 4.79 Å². The van der Waals surface area contributed by atoms with E-state index in [0.29, 0.717) is 25.0 Å². The summed E-state index contributed by atoms with van der Waals surface area (Å²) < 4.78 is 0. The van der Waals surface area contributed by atoms with Crippen LogP contribution in [0, 0.1) is 5.92 Å². The van der Waals surface area contributed by atoms with Gasteiger partial charge >= 0.3 is 6.03 Å². The van der Waals surface area contributed by atoms with Crippen LogP contribution in [0.5, 0.6) is 0 Å². The number of urea groups is 1. The number of benzene rings is 1. The fourth-order valence-electron chi connectivity index (χ4n) is 5.80. The van der Waals surface area contributed by atoms with E-state index in [2.05, 4.69) is 71.7 Å². The van der Waals surface area contributed by atoms with Gasteiger partial charge < -0.3 is 15.2 Å². The van der Waals surface area contributed by atoms with Crippen LogP contribution in [0.1, 0.15) is 50.7 Å². The Hall–Kier alpha value is -2.57. The van der Waals surface area contributed by atoms with E-state index in [4.69, 9.17) is 0 Å². The molecule has 35 heavy (non-hydrogen) atoms. The van der Waals surface area contributed by atoms with Gasteiger partial charge in [-0.2, -0.15) is 0 Å². The number of amides is 2. The number of nitrogens with one attached hydrogen (secondary N) is 2. The molecule has 1 aromatic carbocycles. The summed E-state index contributed by atoms with van der Waals surface area (Å²) in [7, 11) is 4.14. The summed E-state index contributed by atoms with van der Waals surface area (Å²) in [6.45, 7) is 18.5. The van der Waals surface area contributed by atoms with Crippen LogP contribution in [0.25, 0.3) is 10.9 Å². The first kappa shape index (κ1) is 27.0. The molecule has 6 nitrogen and oxygen atoms in total. The highest BCUT2D eigenvalue weighted by atomic mass is 16.2. The molecule has 2 heterocycles. The molecule has 0 spiro atoms. The molecule has 1 aromatic heterocycles. The number of carbonyl (C=O) groups is 1. The third-order valence-corrected chi connectivity index (χ3v) is 7.32. The second-order valence-electron chi connectivity index (χ2n) is 9.77. The molecule has 2 amide bonds. The molecule has 1 aliphatic carbocycles. The molecule has 2 aromatic rings. The number of likely N-dealkylation sites (tertiary alicyclic amines) is 1. The highest BCUT2D eigenvalue weighted by molar-refractivity contribution is 5.88. The minimum Gasteiger partial charge on any atom is -0.361 e. The number of fused-ring (bicyclic) bond motifs is 2. The molecular weight excluding hydrogens is 434 g/mol. The lowest BCUT2D eigenvalue weighted by atomic mass is 9.71. The Bertz CT molecular complexity index is 1010. The summed E-state index contributed by atoms with van der Waals surface area (Å²) in [6, 6.07) is 7.06. The van der Waals surface area contributed by atoms with Crippen LogP contribution in [-0.2, 0) is 6.42 Å². The largest absolute Gasteiger partial charge is 0.361 e. The van der Waals surface area contributed by atoms with Crippen molar-refractivity contribution >= 4 is 16.9 Å². The van der Waals surface area contributed by atoms with Gasteiger partial charge in [0.1, 0.15) is 0 Å². The number of aromatic amines is 1. The number of H-pyrrole nitrogens is 1. The summed E-state index contributed by atoms with van der Waals surface area (Å²) in [4.78, 5) is 23.1. The lowest BCUT2D eigenvalue weighted by Crippen LogP contribution is -2.52. The first-order valence-electron chi connectivity index (χ1n) is 13.3. The molecule has 1 saturated heterocycles. The van der Waals surface area contributed by atoms with Gasteiger partial charge in [0.25, 0.3) is 0 Å². The molecule has 6 heteroatoms. The predicted octanol–water partition coefficient (Wildman–Crippen LogP) is 5.21. The SMILES string of the molecule is C=CCN1CC(C(=C)N(CCCN(C)C)C(=O)NCC)C[C@@H]2c3cccc4[nH]cc(c34)CC21.CC. The molecule has 192 valence electrons. The van der Waals surface area contributed by atoms with Crippen LogP contribution in [0.2, 0.25) is 0 Å². The topological polar surface area (TPSA) is 54.6 Å². The Morgan fingerprint density at radius 2 is 2.06 bits per heavy atom. The number of piperidine rings is 1. The van der Waals surface area contributed by atoms with E-state index in [1.165, 1.54) is 22.0 Å². The van der Waals surface area contributed by atoms with Gasteiger partial charge in [0.15, 0.2) is 0 Å². The quantitative estimate of drug-likeness (QED) is 0.486. The zero-order valence-electron chi connectivity index (χ0n) is 22.4. The molecule has 0 saturated carbocycles. The molecule has 1 aliphatic heterocycles. The second kappa shape index (κ2) is 12.4. The van der Waals surface area contributed by atoms with Crippen molar-refractivity contribution in [3.05, 3.63) is 60.5 Å². The maximum atomic E-state index is 13.0. The van der Waals surface area contributed by atoms with E-state index in [-0.39, 0.29) is 11.9 Å².